The molecular formula is C12H16O5. The number of cyclic esters (lactones) is 2. The van der Waals surface area contributed by atoms with Gasteiger partial charge in [0.25, 0.3) is 0 Å². The second-order valence-electron chi connectivity index (χ2n) is 4.23. The highest BCUT2D eigenvalue weighted by Crippen LogP contribution is 2.32. The molecule has 17 heavy (non-hydrogen) atoms. The molecule has 0 saturated carbocycles. The van der Waals surface area contributed by atoms with E-state index in [4.69, 9.17) is 14.2 Å². The molecule has 1 fully saturated rings. The summed E-state index contributed by atoms with van der Waals surface area (Å²) in [7, 11) is 0. The predicted molar refractivity (Wildman–Crippen MR) is 60.1 cm³/mol. The molecule has 1 aliphatic heterocycles. The Morgan fingerprint density at radius 3 is 2.65 bits per heavy atom. The molecule has 1 heterocycles. The van der Waals surface area contributed by atoms with Crippen molar-refractivity contribution >= 4 is 12.1 Å². The molecule has 0 atom stereocenters. The lowest BCUT2D eigenvalue weighted by Gasteiger charge is -2.16. The van der Waals surface area contributed by atoms with E-state index in [1.807, 2.05) is 0 Å². The van der Waals surface area contributed by atoms with Gasteiger partial charge >= 0.3 is 12.1 Å². The number of rotatable bonds is 4. The van der Waals surface area contributed by atoms with E-state index >= 15 is 0 Å². The lowest BCUT2D eigenvalue weighted by Crippen LogP contribution is -2.22. The third-order valence-corrected chi connectivity index (χ3v) is 2.22. The molecule has 94 valence electrons. The Morgan fingerprint density at radius 1 is 1.53 bits per heavy atom. The molecule has 5 nitrogen and oxygen atoms in total. The summed E-state index contributed by atoms with van der Waals surface area (Å²) in [5.41, 5.74) is -0.162. The maximum absolute atomic E-state index is 11.1. The van der Waals surface area contributed by atoms with E-state index in [1.165, 1.54) is 6.08 Å². The van der Waals surface area contributed by atoms with Gasteiger partial charge in [0.1, 0.15) is 6.61 Å². The zero-order chi connectivity index (χ0) is 13.1. The highest BCUT2D eigenvalue weighted by Gasteiger charge is 2.40. The average Bonchev–Trinajstić information content (AvgIpc) is 2.49. The van der Waals surface area contributed by atoms with E-state index in [9.17, 15) is 9.59 Å². The number of ether oxygens (including phenoxy) is 3. The molecule has 0 aromatic carbocycles. The average molecular weight is 240 g/mol. The van der Waals surface area contributed by atoms with Gasteiger partial charge < -0.3 is 14.2 Å². The molecular weight excluding hydrogens is 224 g/mol. The third-order valence-electron chi connectivity index (χ3n) is 2.22. The Kier molecular flexibility index (Phi) is 3.93. The first-order valence-electron chi connectivity index (χ1n) is 5.24. The standard InChI is InChI=1S/C12H16O5/c1-5-6-9(13)15-7-8(2)10-12(3,4)17-11(14)16-10/h5H,1,6-7H2,2-4H3/b10-8+. The molecule has 0 aliphatic carbocycles. The summed E-state index contributed by atoms with van der Waals surface area (Å²) < 4.78 is 14.9. The Balaban J connectivity index is 2.67. The van der Waals surface area contributed by atoms with Crippen LogP contribution in [0.5, 0.6) is 0 Å². The minimum Gasteiger partial charge on any atom is -0.461 e. The van der Waals surface area contributed by atoms with E-state index in [1.54, 1.807) is 20.8 Å². The van der Waals surface area contributed by atoms with Crippen molar-refractivity contribution in [2.75, 3.05) is 6.61 Å². The first-order chi connectivity index (χ1) is 7.86. The fourth-order valence-electron chi connectivity index (χ4n) is 1.51. The van der Waals surface area contributed by atoms with Crippen LogP contribution in [0.2, 0.25) is 0 Å². The smallest absolute Gasteiger partial charge is 0.461 e. The molecule has 0 bridgehead atoms. The van der Waals surface area contributed by atoms with Gasteiger partial charge in [0.05, 0.1) is 6.42 Å². The van der Waals surface area contributed by atoms with Crippen molar-refractivity contribution in [3.63, 3.8) is 0 Å². The lowest BCUT2D eigenvalue weighted by molar-refractivity contribution is -0.141. The van der Waals surface area contributed by atoms with Gasteiger partial charge in [-0.15, -0.1) is 6.58 Å². The minimum atomic E-state index is -0.813. The molecule has 0 amide bonds. The molecule has 0 spiro atoms. The summed E-state index contributed by atoms with van der Waals surface area (Å²) in [6.07, 6.45) is 0.886. The molecule has 0 N–H and O–H groups in total. The number of hydrogen-bond donors (Lipinski definition) is 0. The summed E-state index contributed by atoms with van der Waals surface area (Å²) in [6, 6.07) is 0. The Hall–Kier alpha value is -1.78. The van der Waals surface area contributed by atoms with Crippen LogP contribution in [0.4, 0.5) is 4.79 Å². The molecule has 0 unspecified atom stereocenters. The highest BCUT2D eigenvalue weighted by atomic mass is 16.8. The molecule has 0 aromatic rings. The second kappa shape index (κ2) is 5.03. The van der Waals surface area contributed by atoms with Crippen molar-refractivity contribution in [2.45, 2.75) is 32.8 Å². The van der Waals surface area contributed by atoms with Crippen molar-refractivity contribution in [2.24, 2.45) is 0 Å². The maximum Gasteiger partial charge on any atom is 0.514 e. The fourth-order valence-corrected chi connectivity index (χ4v) is 1.51. The van der Waals surface area contributed by atoms with Gasteiger partial charge in [-0.05, 0) is 20.8 Å². The number of hydrogen-bond acceptors (Lipinski definition) is 5. The number of carbonyl (C=O) groups is 2. The van der Waals surface area contributed by atoms with Gasteiger partial charge in [-0.3, -0.25) is 4.79 Å². The third kappa shape index (κ3) is 3.34. The Morgan fingerprint density at radius 2 is 2.18 bits per heavy atom. The van der Waals surface area contributed by atoms with Gasteiger partial charge in [0.2, 0.25) is 0 Å². The number of esters is 1. The van der Waals surface area contributed by atoms with E-state index in [-0.39, 0.29) is 19.0 Å². The molecule has 0 aromatic heterocycles. The molecule has 1 rings (SSSR count). The molecule has 0 radical (unpaired) electrons. The first-order valence-corrected chi connectivity index (χ1v) is 5.24. The van der Waals surface area contributed by atoms with E-state index < -0.39 is 11.8 Å². The van der Waals surface area contributed by atoms with Gasteiger partial charge in [-0.2, -0.15) is 0 Å². The van der Waals surface area contributed by atoms with Crippen molar-refractivity contribution in [1.82, 2.24) is 0 Å². The minimum absolute atomic E-state index is 0.0715. The monoisotopic (exact) mass is 240 g/mol. The van der Waals surface area contributed by atoms with Crippen molar-refractivity contribution < 1.29 is 23.8 Å². The van der Waals surface area contributed by atoms with Crippen molar-refractivity contribution in [3.8, 4) is 0 Å². The van der Waals surface area contributed by atoms with Crippen molar-refractivity contribution in [3.05, 3.63) is 24.0 Å². The van der Waals surface area contributed by atoms with Gasteiger partial charge in [-0.25, -0.2) is 4.79 Å². The lowest BCUT2D eigenvalue weighted by atomic mass is 10.0. The Labute approximate surface area is 100 Å². The van der Waals surface area contributed by atoms with Crippen LogP contribution < -0.4 is 0 Å². The zero-order valence-electron chi connectivity index (χ0n) is 10.2. The van der Waals surface area contributed by atoms with Crippen molar-refractivity contribution in [1.29, 1.82) is 0 Å². The van der Waals surface area contributed by atoms with Gasteiger partial charge in [-0.1, -0.05) is 6.08 Å². The summed E-state index contributed by atoms with van der Waals surface area (Å²) in [6.45, 7) is 8.65. The van der Waals surface area contributed by atoms with E-state index in [2.05, 4.69) is 6.58 Å². The van der Waals surface area contributed by atoms with Crippen LogP contribution in [0.15, 0.2) is 24.0 Å². The zero-order valence-corrected chi connectivity index (χ0v) is 10.2. The predicted octanol–water partition coefficient (Wildman–Crippen LogP) is 2.33. The van der Waals surface area contributed by atoms with Crippen LogP contribution in [-0.2, 0) is 19.0 Å². The SMILES string of the molecule is C=CCC(=O)OC/C(C)=C1/OC(=O)OC1(C)C. The van der Waals surface area contributed by atoms with Gasteiger partial charge in [0.15, 0.2) is 11.4 Å². The topological polar surface area (TPSA) is 61.8 Å². The molecule has 1 saturated heterocycles. The van der Waals surface area contributed by atoms with Crippen LogP contribution in [0, 0.1) is 0 Å². The molecule has 5 heteroatoms. The van der Waals surface area contributed by atoms with Crippen LogP contribution >= 0.6 is 0 Å². The van der Waals surface area contributed by atoms with Gasteiger partial charge in [0, 0.05) is 5.57 Å². The number of carbonyl (C=O) groups excluding carboxylic acids is 2. The summed E-state index contributed by atoms with van der Waals surface area (Å²) in [5.74, 6) is 0.0249. The summed E-state index contributed by atoms with van der Waals surface area (Å²) >= 11 is 0. The quantitative estimate of drug-likeness (QED) is 0.557. The summed E-state index contributed by atoms with van der Waals surface area (Å²) in [4.78, 5) is 22.1. The highest BCUT2D eigenvalue weighted by molar-refractivity contribution is 5.71. The van der Waals surface area contributed by atoms with Crippen LogP contribution in [0.3, 0.4) is 0 Å². The van der Waals surface area contributed by atoms with Crippen LogP contribution in [-0.4, -0.2) is 24.3 Å². The summed E-state index contributed by atoms with van der Waals surface area (Å²) in [5, 5.41) is 0. The molecule has 1 aliphatic rings. The first kappa shape index (κ1) is 13.3. The van der Waals surface area contributed by atoms with Crippen LogP contribution in [0.25, 0.3) is 0 Å². The van der Waals surface area contributed by atoms with Crippen LogP contribution in [0.1, 0.15) is 27.2 Å². The largest absolute Gasteiger partial charge is 0.514 e. The second-order valence-corrected chi connectivity index (χ2v) is 4.23. The normalized spacial score (nSPS) is 20.3. The van der Waals surface area contributed by atoms with E-state index in [0.29, 0.717) is 11.3 Å². The van der Waals surface area contributed by atoms with E-state index in [0.717, 1.165) is 0 Å². The Bertz CT molecular complexity index is 378. The maximum atomic E-state index is 11.1. The fraction of sp³-hybridized carbons (Fsp3) is 0.500.